The normalized spacial score (nSPS) is 13.4. The first-order chi connectivity index (χ1) is 11.1. The monoisotopic (exact) mass is 393 g/mol. The number of anilines is 1. The van der Waals surface area contributed by atoms with Crippen molar-refractivity contribution >= 4 is 44.9 Å². The van der Waals surface area contributed by atoms with E-state index in [1.165, 1.54) is 4.90 Å². The number of carbonyl (C=O) groups excluding carboxylic acids is 2. The van der Waals surface area contributed by atoms with Crippen molar-refractivity contribution in [1.82, 2.24) is 0 Å². The molecule has 3 rings (SSSR count). The molecule has 0 N–H and O–H groups in total. The summed E-state index contributed by atoms with van der Waals surface area (Å²) in [5.74, 6) is -0.275. The quantitative estimate of drug-likeness (QED) is 0.566. The summed E-state index contributed by atoms with van der Waals surface area (Å²) in [6.07, 6.45) is 0.597. The lowest BCUT2D eigenvalue weighted by molar-refractivity contribution is -0.114. The van der Waals surface area contributed by atoms with Crippen molar-refractivity contribution in [3.8, 4) is 5.75 Å². The number of rotatable bonds is 5. The maximum atomic E-state index is 12.1. The molecule has 2 aromatic carbocycles. The molecule has 1 heterocycles. The number of amides is 1. The van der Waals surface area contributed by atoms with Crippen LogP contribution in [0, 0.1) is 0 Å². The van der Waals surface area contributed by atoms with Gasteiger partial charge in [-0.15, -0.1) is 0 Å². The Morgan fingerprint density at radius 3 is 2.57 bits per heavy atom. The first kappa shape index (κ1) is 16.0. The van der Waals surface area contributed by atoms with Gasteiger partial charge in [-0.25, -0.2) is 0 Å². The largest absolute Gasteiger partial charge is 0.494 e. The SMILES string of the molecule is O=C1C(=O)N(CCCOc2ccc(Br)cc2)c2c(Cl)cccc21. The van der Waals surface area contributed by atoms with Gasteiger partial charge < -0.3 is 9.64 Å². The number of ether oxygens (including phenoxy) is 1. The van der Waals surface area contributed by atoms with Crippen LogP contribution < -0.4 is 9.64 Å². The number of halogens is 2. The molecule has 0 aromatic heterocycles. The number of para-hydroxylation sites is 1. The van der Waals surface area contributed by atoms with E-state index >= 15 is 0 Å². The van der Waals surface area contributed by atoms with E-state index in [1.54, 1.807) is 18.2 Å². The highest BCUT2D eigenvalue weighted by molar-refractivity contribution is 9.10. The summed E-state index contributed by atoms with van der Waals surface area (Å²) in [4.78, 5) is 25.5. The van der Waals surface area contributed by atoms with Crippen molar-refractivity contribution in [2.75, 3.05) is 18.1 Å². The van der Waals surface area contributed by atoms with E-state index in [-0.39, 0.29) is 0 Å². The molecule has 0 aliphatic carbocycles. The van der Waals surface area contributed by atoms with Gasteiger partial charge in [0, 0.05) is 11.0 Å². The molecule has 0 radical (unpaired) electrons. The zero-order valence-corrected chi connectivity index (χ0v) is 14.4. The first-order valence-corrected chi connectivity index (χ1v) is 8.28. The topological polar surface area (TPSA) is 46.6 Å². The lowest BCUT2D eigenvalue weighted by Gasteiger charge is -2.17. The van der Waals surface area contributed by atoms with Crippen LogP contribution in [0.25, 0.3) is 0 Å². The highest BCUT2D eigenvalue weighted by Gasteiger charge is 2.36. The van der Waals surface area contributed by atoms with Gasteiger partial charge in [-0.3, -0.25) is 9.59 Å². The molecule has 0 saturated carbocycles. The van der Waals surface area contributed by atoms with Crippen molar-refractivity contribution in [2.45, 2.75) is 6.42 Å². The van der Waals surface area contributed by atoms with E-state index in [0.717, 1.165) is 10.2 Å². The minimum Gasteiger partial charge on any atom is -0.494 e. The van der Waals surface area contributed by atoms with Crippen LogP contribution in [0.5, 0.6) is 5.75 Å². The van der Waals surface area contributed by atoms with E-state index in [2.05, 4.69) is 15.9 Å². The summed E-state index contributed by atoms with van der Waals surface area (Å²) in [7, 11) is 0. The Hall–Kier alpha value is -1.85. The highest BCUT2D eigenvalue weighted by Crippen LogP contribution is 2.35. The number of nitrogens with zero attached hydrogens (tertiary/aromatic N) is 1. The zero-order chi connectivity index (χ0) is 16.4. The van der Waals surface area contributed by atoms with E-state index in [0.29, 0.717) is 35.8 Å². The van der Waals surface area contributed by atoms with Gasteiger partial charge >= 0.3 is 0 Å². The van der Waals surface area contributed by atoms with Gasteiger partial charge in [-0.2, -0.15) is 0 Å². The molecule has 0 fully saturated rings. The number of fused-ring (bicyclic) bond motifs is 1. The Bertz CT molecular complexity index is 761. The fourth-order valence-electron chi connectivity index (χ4n) is 2.47. The van der Waals surface area contributed by atoms with Gasteiger partial charge in [0.1, 0.15) is 5.75 Å². The lowest BCUT2D eigenvalue weighted by atomic mass is 10.1. The second-order valence-electron chi connectivity index (χ2n) is 5.08. The van der Waals surface area contributed by atoms with Crippen LogP contribution in [0.4, 0.5) is 5.69 Å². The van der Waals surface area contributed by atoms with E-state index in [4.69, 9.17) is 16.3 Å². The number of benzene rings is 2. The van der Waals surface area contributed by atoms with Gasteiger partial charge in [0.2, 0.25) is 0 Å². The van der Waals surface area contributed by atoms with Crippen LogP contribution in [-0.4, -0.2) is 24.8 Å². The van der Waals surface area contributed by atoms with E-state index < -0.39 is 11.7 Å². The Balaban J connectivity index is 1.62. The van der Waals surface area contributed by atoms with Gasteiger partial charge in [-0.1, -0.05) is 33.6 Å². The molecule has 4 nitrogen and oxygen atoms in total. The van der Waals surface area contributed by atoms with Crippen LogP contribution in [-0.2, 0) is 4.79 Å². The van der Waals surface area contributed by atoms with Gasteiger partial charge in [0.15, 0.2) is 0 Å². The van der Waals surface area contributed by atoms with Crippen LogP contribution >= 0.6 is 27.5 Å². The third-order valence-corrected chi connectivity index (χ3v) is 4.38. The fraction of sp³-hybridized carbons (Fsp3) is 0.176. The second kappa shape index (κ2) is 6.72. The summed E-state index contributed by atoms with van der Waals surface area (Å²) in [6, 6.07) is 12.5. The molecular formula is C17H13BrClNO3. The Morgan fingerprint density at radius 2 is 1.83 bits per heavy atom. The van der Waals surface area contributed by atoms with E-state index in [9.17, 15) is 9.59 Å². The van der Waals surface area contributed by atoms with Crippen molar-refractivity contribution in [3.63, 3.8) is 0 Å². The van der Waals surface area contributed by atoms with Crippen LogP contribution in [0.15, 0.2) is 46.9 Å². The summed E-state index contributed by atoms with van der Waals surface area (Å²) in [5.41, 5.74) is 0.879. The molecule has 6 heteroatoms. The Morgan fingerprint density at radius 1 is 1.09 bits per heavy atom. The van der Waals surface area contributed by atoms with Crippen LogP contribution in [0.1, 0.15) is 16.8 Å². The summed E-state index contributed by atoms with van der Waals surface area (Å²) >= 11 is 9.50. The lowest BCUT2D eigenvalue weighted by Crippen LogP contribution is -2.31. The molecule has 0 saturated heterocycles. The summed E-state index contributed by atoms with van der Waals surface area (Å²) in [5, 5.41) is 0.413. The maximum absolute atomic E-state index is 12.1. The number of hydrogen-bond acceptors (Lipinski definition) is 3. The third kappa shape index (κ3) is 3.26. The Labute approximate surface area is 147 Å². The van der Waals surface area contributed by atoms with Crippen molar-refractivity contribution < 1.29 is 14.3 Å². The van der Waals surface area contributed by atoms with Crippen molar-refractivity contribution in [2.24, 2.45) is 0 Å². The van der Waals surface area contributed by atoms with Crippen LogP contribution in [0.3, 0.4) is 0 Å². The van der Waals surface area contributed by atoms with Gasteiger partial charge in [0.25, 0.3) is 11.7 Å². The number of ketones is 1. The predicted molar refractivity (Wildman–Crippen MR) is 92.4 cm³/mol. The molecule has 118 valence electrons. The molecule has 1 aliphatic rings. The van der Waals surface area contributed by atoms with Gasteiger partial charge in [-0.05, 0) is 42.8 Å². The second-order valence-corrected chi connectivity index (χ2v) is 6.40. The Kier molecular flexibility index (Phi) is 4.68. The van der Waals surface area contributed by atoms with E-state index in [1.807, 2.05) is 24.3 Å². The molecule has 1 amide bonds. The molecule has 0 unspecified atom stereocenters. The molecule has 1 aliphatic heterocycles. The number of carbonyl (C=O) groups is 2. The third-order valence-electron chi connectivity index (χ3n) is 3.55. The van der Waals surface area contributed by atoms with Gasteiger partial charge in [0.05, 0.1) is 22.9 Å². The smallest absolute Gasteiger partial charge is 0.299 e. The molecule has 0 bridgehead atoms. The summed E-state index contributed by atoms with van der Waals surface area (Å²) < 4.78 is 6.61. The fourth-order valence-corrected chi connectivity index (χ4v) is 3.01. The molecule has 2 aromatic rings. The average Bonchev–Trinajstić information content (AvgIpc) is 2.79. The molecule has 0 atom stereocenters. The number of hydrogen-bond donors (Lipinski definition) is 0. The predicted octanol–water partition coefficient (Wildman–Crippen LogP) is 4.10. The zero-order valence-electron chi connectivity index (χ0n) is 12.1. The van der Waals surface area contributed by atoms with Crippen LogP contribution in [0.2, 0.25) is 5.02 Å². The minimum atomic E-state index is -0.531. The summed E-state index contributed by atoms with van der Waals surface area (Å²) in [6.45, 7) is 0.831. The molecule has 0 spiro atoms. The molecule has 23 heavy (non-hydrogen) atoms. The van der Waals surface area contributed by atoms with Crippen molar-refractivity contribution in [1.29, 1.82) is 0 Å². The average molecular weight is 395 g/mol. The highest BCUT2D eigenvalue weighted by atomic mass is 79.9. The number of Topliss-reactive ketones (excluding diaryl/α,β-unsaturated/α-hetero) is 1. The maximum Gasteiger partial charge on any atom is 0.299 e. The molecular weight excluding hydrogens is 382 g/mol. The minimum absolute atomic E-state index is 0.372. The standard InChI is InChI=1S/C17H13BrClNO3/c18-11-5-7-12(8-6-11)23-10-2-9-20-15-13(16(21)17(20)22)3-1-4-14(15)19/h1,3-8H,2,9-10H2. The van der Waals surface area contributed by atoms with Crippen molar-refractivity contribution in [3.05, 3.63) is 57.5 Å². The first-order valence-electron chi connectivity index (χ1n) is 7.11.